The molecule has 202 valence electrons. The van der Waals surface area contributed by atoms with E-state index < -0.39 is 11.6 Å². The molecule has 5 rings (SSSR count). The molecule has 3 aromatic heterocycles. The molecule has 5 aromatic rings. The molecular formula is C29H31FN6O3. The lowest BCUT2D eigenvalue weighted by molar-refractivity contribution is 0.171. The predicted molar refractivity (Wildman–Crippen MR) is 145 cm³/mol. The maximum atomic E-state index is 13.7. The van der Waals surface area contributed by atoms with Crippen LogP contribution in [-0.4, -0.2) is 36.7 Å². The van der Waals surface area contributed by atoms with Crippen LogP contribution in [0.4, 0.5) is 4.39 Å². The molecule has 3 heterocycles. The van der Waals surface area contributed by atoms with Crippen LogP contribution in [0.3, 0.4) is 0 Å². The summed E-state index contributed by atoms with van der Waals surface area (Å²) in [6.45, 7) is 9.17. The van der Waals surface area contributed by atoms with Gasteiger partial charge in [-0.3, -0.25) is 9.69 Å². The third-order valence-corrected chi connectivity index (χ3v) is 6.43. The van der Waals surface area contributed by atoms with Crippen molar-refractivity contribution in [3.63, 3.8) is 0 Å². The van der Waals surface area contributed by atoms with Crippen LogP contribution in [0.5, 0.6) is 5.75 Å². The number of ether oxygens (including phenoxy) is 1. The Bertz CT molecular complexity index is 1600. The number of pyridine rings is 1. The van der Waals surface area contributed by atoms with Crippen molar-refractivity contribution in [1.29, 1.82) is 0 Å². The number of nitrogens with one attached hydrogen (secondary N) is 1. The van der Waals surface area contributed by atoms with Crippen LogP contribution < -0.4 is 10.3 Å². The smallest absolute Gasteiger partial charge is 0.253 e. The van der Waals surface area contributed by atoms with Crippen molar-refractivity contribution in [3.05, 3.63) is 106 Å². The van der Waals surface area contributed by atoms with E-state index in [1.165, 1.54) is 12.1 Å². The Hall–Kier alpha value is -4.31. The van der Waals surface area contributed by atoms with Gasteiger partial charge in [-0.2, -0.15) is 0 Å². The zero-order valence-corrected chi connectivity index (χ0v) is 22.4. The number of rotatable bonds is 9. The second-order valence-corrected chi connectivity index (χ2v) is 10.4. The summed E-state index contributed by atoms with van der Waals surface area (Å²) in [4.78, 5) is 18.8. The van der Waals surface area contributed by atoms with Gasteiger partial charge in [0.15, 0.2) is 5.82 Å². The Morgan fingerprint density at radius 1 is 1.10 bits per heavy atom. The highest BCUT2D eigenvalue weighted by atomic mass is 19.1. The number of nitrogens with zero attached hydrogens (tertiary/aromatic N) is 5. The molecule has 0 fully saturated rings. The van der Waals surface area contributed by atoms with E-state index in [2.05, 4.69) is 25.4 Å². The number of aromatic nitrogens is 5. The van der Waals surface area contributed by atoms with Gasteiger partial charge in [0.25, 0.3) is 5.56 Å². The minimum atomic E-state index is -0.668. The van der Waals surface area contributed by atoms with E-state index in [1.807, 2.05) is 64.1 Å². The van der Waals surface area contributed by atoms with Crippen molar-refractivity contribution in [3.8, 4) is 5.75 Å². The van der Waals surface area contributed by atoms with Gasteiger partial charge >= 0.3 is 0 Å². The summed E-state index contributed by atoms with van der Waals surface area (Å²) < 4.78 is 26.9. The Labute approximate surface area is 225 Å². The van der Waals surface area contributed by atoms with E-state index in [1.54, 1.807) is 23.1 Å². The van der Waals surface area contributed by atoms with Gasteiger partial charge in [-0.1, -0.05) is 12.1 Å². The molecule has 0 saturated heterocycles. The molecule has 10 heteroatoms. The fourth-order valence-electron chi connectivity index (χ4n) is 4.67. The number of hydrogen-bond acceptors (Lipinski definition) is 7. The number of furan rings is 1. The number of hydrogen-bond donors (Lipinski definition) is 1. The Morgan fingerprint density at radius 2 is 1.90 bits per heavy atom. The summed E-state index contributed by atoms with van der Waals surface area (Å²) in [5.41, 5.74) is 1.29. The van der Waals surface area contributed by atoms with Gasteiger partial charge in [-0.05, 0) is 92.2 Å². The number of tetrazole rings is 1. The van der Waals surface area contributed by atoms with Crippen LogP contribution in [-0.2, 0) is 18.6 Å². The summed E-state index contributed by atoms with van der Waals surface area (Å²) >= 11 is 0. The van der Waals surface area contributed by atoms with Crippen molar-refractivity contribution in [2.45, 2.75) is 52.4 Å². The van der Waals surface area contributed by atoms with Crippen LogP contribution in [0.1, 0.15) is 56.4 Å². The number of fused-ring (bicyclic) bond motifs is 1. The molecule has 0 spiro atoms. The first-order chi connectivity index (χ1) is 18.7. The standard InChI is InChI=1S/C29H31FN6O3/c1-5-38-22-12-13-25-20(15-22)16-24(28(37)31-25)26(27-32-33-34-36(27)29(2,3)4)35(18-23-7-6-14-39-23)17-19-8-10-21(30)11-9-19/h6-16,26H,5,17-18H2,1-4H3,(H,31,37). The average molecular weight is 531 g/mol. The van der Waals surface area contributed by atoms with Gasteiger partial charge < -0.3 is 14.1 Å². The molecule has 9 nitrogen and oxygen atoms in total. The number of aromatic amines is 1. The quantitative estimate of drug-likeness (QED) is 0.280. The van der Waals surface area contributed by atoms with Gasteiger partial charge in [0.05, 0.1) is 25.0 Å². The summed E-state index contributed by atoms with van der Waals surface area (Å²) in [5, 5.41) is 13.5. The Balaban J connectivity index is 1.71. The van der Waals surface area contributed by atoms with Crippen molar-refractivity contribution in [1.82, 2.24) is 30.1 Å². The Kier molecular flexibility index (Phi) is 7.30. The summed E-state index contributed by atoms with van der Waals surface area (Å²) in [6, 6.07) is 16.8. The minimum Gasteiger partial charge on any atom is -0.494 e. The molecule has 0 bridgehead atoms. The fourth-order valence-corrected chi connectivity index (χ4v) is 4.67. The topological polar surface area (TPSA) is 102 Å². The van der Waals surface area contributed by atoms with Crippen molar-refractivity contribution in [2.75, 3.05) is 6.61 Å². The lowest BCUT2D eigenvalue weighted by atomic mass is 10.0. The lowest BCUT2D eigenvalue weighted by Gasteiger charge is -2.32. The van der Waals surface area contributed by atoms with E-state index in [-0.39, 0.29) is 11.4 Å². The zero-order valence-electron chi connectivity index (χ0n) is 22.4. The fraction of sp³-hybridized carbons (Fsp3) is 0.310. The minimum absolute atomic E-state index is 0.260. The van der Waals surface area contributed by atoms with Gasteiger partial charge in [0.1, 0.15) is 23.4 Å². The van der Waals surface area contributed by atoms with Crippen LogP contribution in [0.2, 0.25) is 0 Å². The SMILES string of the molecule is CCOc1ccc2[nH]c(=O)c(C(c3nnnn3C(C)(C)C)N(Cc3ccc(F)cc3)Cc3ccco3)cc2c1. The van der Waals surface area contributed by atoms with E-state index in [0.29, 0.717) is 48.1 Å². The third-order valence-electron chi connectivity index (χ3n) is 6.43. The molecule has 0 aliphatic heterocycles. The van der Waals surface area contributed by atoms with E-state index in [0.717, 1.165) is 10.9 Å². The van der Waals surface area contributed by atoms with Gasteiger partial charge in [0.2, 0.25) is 0 Å². The van der Waals surface area contributed by atoms with E-state index in [9.17, 15) is 9.18 Å². The number of H-pyrrole nitrogens is 1. The first kappa shape index (κ1) is 26.3. The van der Waals surface area contributed by atoms with Crippen LogP contribution in [0, 0.1) is 5.82 Å². The van der Waals surface area contributed by atoms with Gasteiger partial charge in [-0.25, -0.2) is 9.07 Å². The molecule has 39 heavy (non-hydrogen) atoms. The zero-order chi connectivity index (χ0) is 27.6. The summed E-state index contributed by atoms with van der Waals surface area (Å²) in [6.07, 6.45) is 1.61. The summed E-state index contributed by atoms with van der Waals surface area (Å²) in [7, 11) is 0. The third kappa shape index (κ3) is 5.75. The molecular weight excluding hydrogens is 499 g/mol. The summed E-state index contributed by atoms with van der Waals surface area (Å²) in [5.74, 6) is 1.59. The van der Waals surface area contributed by atoms with E-state index in [4.69, 9.17) is 9.15 Å². The number of benzene rings is 2. The Morgan fingerprint density at radius 3 is 2.59 bits per heavy atom. The predicted octanol–water partition coefficient (Wildman–Crippen LogP) is 5.19. The molecule has 0 aliphatic rings. The van der Waals surface area contributed by atoms with Crippen molar-refractivity contribution >= 4 is 10.9 Å². The monoisotopic (exact) mass is 530 g/mol. The van der Waals surface area contributed by atoms with Crippen molar-refractivity contribution < 1.29 is 13.5 Å². The van der Waals surface area contributed by atoms with Gasteiger partial charge in [-0.15, -0.1) is 5.10 Å². The molecule has 1 unspecified atom stereocenters. The molecule has 0 saturated carbocycles. The van der Waals surface area contributed by atoms with Crippen LogP contribution >= 0.6 is 0 Å². The van der Waals surface area contributed by atoms with Crippen LogP contribution in [0.15, 0.2) is 76.1 Å². The molecule has 1 N–H and O–H groups in total. The highest BCUT2D eigenvalue weighted by molar-refractivity contribution is 5.80. The molecule has 0 aliphatic carbocycles. The first-order valence-corrected chi connectivity index (χ1v) is 12.8. The molecule has 0 radical (unpaired) electrons. The molecule has 2 aromatic carbocycles. The first-order valence-electron chi connectivity index (χ1n) is 12.8. The molecule has 1 atom stereocenters. The number of halogens is 1. The maximum absolute atomic E-state index is 13.7. The highest BCUT2D eigenvalue weighted by Crippen LogP contribution is 2.32. The average Bonchev–Trinajstić information content (AvgIpc) is 3.59. The second-order valence-electron chi connectivity index (χ2n) is 10.4. The van der Waals surface area contributed by atoms with Crippen LogP contribution in [0.25, 0.3) is 10.9 Å². The maximum Gasteiger partial charge on any atom is 0.253 e. The highest BCUT2D eigenvalue weighted by Gasteiger charge is 2.34. The van der Waals surface area contributed by atoms with Crippen molar-refractivity contribution in [2.24, 2.45) is 0 Å². The normalized spacial score (nSPS) is 12.8. The van der Waals surface area contributed by atoms with E-state index >= 15 is 0 Å². The molecule has 0 amide bonds. The lowest BCUT2D eigenvalue weighted by Crippen LogP contribution is -2.37. The van der Waals surface area contributed by atoms with Gasteiger partial charge in [0, 0.05) is 23.0 Å². The second kappa shape index (κ2) is 10.8. The largest absolute Gasteiger partial charge is 0.494 e.